The minimum Gasteiger partial charge on any atom is -0.493 e. The van der Waals surface area contributed by atoms with Gasteiger partial charge in [0.2, 0.25) is 0 Å². The van der Waals surface area contributed by atoms with Crippen molar-refractivity contribution < 1.29 is 19.0 Å². The predicted molar refractivity (Wildman–Crippen MR) is 98.6 cm³/mol. The average molecular weight is 341 g/mol. The van der Waals surface area contributed by atoms with Crippen LogP contribution in [0.5, 0.6) is 11.5 Å². The highest BCUT2D eigenvalue weighted by atomic mass is 16.5. The molecule has 0 spiro atoms. The highest BCUT2D eigenvalue weighted by molar-refractivity contribution is 6.13. The number of H-pyrrole nitrogens is 1. The summed E-state index contributed by atoms with van der Waals surface area (Å²) < 4.78 is 16.7. The van der Waals surface area contributed by atoms with Crippen LogP contribution in [0, 0.1) is 6.92 Å². The zero-order valence-corrected chi connectivity index (χ0v) is 15.2. The molecule has 0 amide bonds. The molecule has 0 saturated heterocycles. The number of methoxy groups -OCH3 is 2. The van der Waals surface area contributed by atoms with Gasteiger partial charge in [0.1, 0.15) is 6.10 Å². The Morgan fingerprint density at radius 3 is 2.48 bits per heavy atom. The van der Waals surface area contributed by atoms with Gasteiger partial charge in [0.05, 0.1) is 25.1 Å². The van der Waals surface area contributed by atoms with Crippen LogP contribution in [0.2, 0.25) is 0 Å². The van der Waals surface area contributed by atoms with Crippen LogP contribution in [-0.4, -0.2) is 31.3 Å². The molecule has 0 bridgehead atoms. The van der Waals surface area contributed by atoms with E-state index in [1.165, 1.54) is 6.92 Å². The fourth-order valence-electron chi connectivity index (χ4n) is 3.52. The van der Waals surface area contributed by atoms with Gasteiger partial charge < -0.3 is 19.2 Å². The molecular formula is C20H23NO4. The van der Waals surface area contributed by atoms with Crippen molar-refractivity contribution in [1.82, 2.24) is 4.98 Å². The van der Waals surface area contributed by atoms with Crippen molar-refractivity contribution in [3.05, 3.63) is 35.4 Å². The predicted octanol–water partition coefficient (Wildman–Crippen LogP) is 4.14. The smallest absolute Gasteiger partial charge is 0.302 e. The van der Waals surface area contributed by atoms with Gasteiger partial charge in [-0.05, 0) is 25.5 Å². The van der Waals surface area contributed by atoms with Crippen molar-refractivity contribution >= 4 is 27.8 Å². The first kappa shape index (κ1) is 17.1. The Morgan fingerprint density at radius 1 is 1.16 bits per heavy atom. The molecule has 5 nitrogen and oxygen atoms in total. The van der Waals surface area contributed by atoms with E-state index in [1.54, 1.807) is 14.2 Å². The number of rotatable bonds is 5. The SMILES string of the molecule is COc1c(C)c(C[C@H](C)OC(C)=O)c2[nH]c3ccccc3c2c1OC. The van der Waals surface area contributed by atoms with Crippen molar-refractivity contribution in [2.24, 2.45) is 0 Å². The number of nitrogens with one attached hydrogen (secondary N) is 1. The average Bonchev–Trinajstić information content (AvgIpc) is 2.95. The highest BCUT2D eigenvalue weighted by Gasteiger charge is 2.23. The Bertz CT molecular complexity index is 942. The Labute approximate surface area is 146 Å². The summed E-state index contributed by atoms with van der Waals surface area (Å²) in [5.41, 5.74) is 4.08. The molecule has 0 aliphatic heterocycles. The maximum Gasteiger partial charge on any atom is 0.302 e. The Balaban J connectivity index is 2.31. The van der Waals surface area contributed by atoms with E-state index in [0.717, 1.165) is 38.7 Å². The standard InChI is InChI=1S/C20H23NO4/c1-11(25-13(3)22)10-15-12(2)19(23-4)20(24-5)17-14-8-6-7-9-16(14)21-18(15)17/h6-9,11,21H,10H2,1-5H3/t11-/m0/s1. The van der Waals surface area contributed by atoms with Crippen molar-refractivity contribution in [2.75, 3.05) is 14.2 Å². The number of esters is 1. The molecule has 1 N–H and O–H groups in total. The summed E-state index contributed by atoms with van der Waals surface area (Å²) in [5, 5.41) is 2.07. The number of aromatic amines is 1. The Kier molecular flexibility index (Phi) is 4.57. The van der Waals surface area contributed by atoms with Gasteiger partial charge in [-0.1, -0.05) is 18.2 Å². The number of para-hydroxylation sites is 1. The third-order valence-corrected chi connectivity index (χ3v) is 4.50. The first-order valence-corrected chi connectivity index (χ1v) is 8.29. The van der Waals surface area contributed by atoms with Gasteiger partial charge in [0.25, 0.3) is 0 Å². The fraction of sp³-hybridized carbons (Fsp3) is 0.350. The van der Waals surface area contributed by atoms with Gasteiger partial charge in [-0.15, -0.1) is 0 Å². The second-order valence-corrected chi connectivity index (χ2v) is 6.21. The van der Waals surface area contributed by atoms with Crippen LogP contribution in [0.15, 0.2) is 24.3 Å². The molecule has 0 aliphatic rings. The number of carbonyl (C=O) groups is 1. The quantitative estimate of drug-likeness (QED) is 0.709. The van der Waals surface area contributed by atoms with E-state index < -0.39 is 0 Å². The second-order valence-electron chi connectivity index (χ2n) is 6.21. The third kappa shape index (κ3) is 2.90. The summed E-state index contributed by atoms with van der Waals surface area (Å²) in [5.74, 6) is 1.15. The van der Waals surface area contributed by atoms with E-state index in [2.05, 4.69) is 11.1 Å². The maximum absolute atomic E-state index is 11.3. The number of hydrogen-bond donors (Lipinski definition) is 1. The molecule has 5 heteroatoms. The largest absolute Gasteiger partial charge is 0.493 e. The van der Waals surface area contributed by atoms with Crippen LogP contribution in [0.3, 0.4) is 0 Å². The minimum atomic E-state index is -0.279. The molecule has 132 valence electrons. The third-order valence-electron chi connectivity index (χ3n) is 4.50. The number of benzene rings is 2. The molecule has 3 aromatic rings. The number of fused-ring (bicyclic) bond motifs is 3. The topological polar surface area (TPSA) is 60.5 Å². The van der Waals surface area contributed by atoms with Crippen molar-refractivity contribution in [1.29, 1.82) is 0 Å². The Morgan fingerprint density at radius 2 is 1.84 bits per heavy atom. The van der Waals surface area contributed by atoms with Crippen molar-refractivity contribution in [2.45, 2.75) is 33.3 Å². The zero-order valence-electron chi connectivity index (χ0n) is 15.2. The molecule has 1 atom stereocenters. The number of carbonyl (C=O) groups excluding carboxylic acids is 1. The fourth-order valence-corrected chi connectivity index (χ4v) is 3.52. The van der Waals surface area contributed by atoms with Crippen LogP contribution in [0.25, 0.3) is 21.8 Å². The molecule has 2 aromatic carbocycles. The lowest BCUT2D eigenvalue weighted by molar-refractivity contribution is -0.145. The van der Waals surface area contributed by atoms with Crippen molar-refractivity contribution in [3.63, 3.8) is 0 Å². The van der Waals surface area contributed by atoms with Crippen LogP contribution in [0.1, 0.15) is 25.0 Å². The molecule has 1 heterocycles. The second kappa shape index (κ2) is 6.67. The van der Waals surface area contributed by atoms with E-state index in [0.29, 0.717) is 12.2 Å². The lowest BCUT2D eigenvalue weighted by Gasteiger charge is -2.19. The van der Waals surface area contributed by atoms with Gasteiger partial charge in [-0.2, -0.15) is 0 Å². The monoisotopic (exact) mass is 341 g/mol. The number of aromatic nitrogens is 1. The van der Waals surface area contributed by atoms with E-state index >= 15 is 0 Å². The van der Waals surface area contributed by atoms with Gasteiger partial charge in [0.15, 0.2) is 11.5 Å². The van der Waals surface area contributed by atoms with Gasteiger partial charge in [0, 0.05) is 29.8 Å². The first-order valence-electron chi connectivity index (χ1n) is 8.29. The summed E-state index contributed by atoms with van der Waals surface area (Å²) in [6.07, 6.45) is 0.360. The summed E-state index contributed by atoms with van der Waals surface area (Å²) >= 11 is 0. The van der Waals surface area contributed by atoms with E-state index in [-0.39, 0.29) is 12.1 Å². The first-order chi connectivity index (χ1) is 12.0. The van der Waals surface area contributed by atoms with Gasteiger partial charge in [-0.3, -0.25) is 4.79 Å². The van der Waals surface area contributed by atoms with Crippen LogP contribution < -0.4 is 9.47 Å². The molecule has 0 saturated carbocycles. The highest BCUT2D eigenvalue weighted by Crippen LogP contribution is 2.45. The summed E-state index contributed by atoms with van der Waals surface area (Å²) in [6, 6.07) is 8.10. The zero-order chi connectivity index (χ0) is 18.1. The summed E-state index contributed by atoms with van der Waals surface area (Å²) in [4.78, 5) is 14.8. The number of ether oxygens (including phenoxy) is 3. The van der Waals surface area contributed by atoms with E-state index in [1.807, 2.05) is 32.0 Å². The van der Waals surface area contributed by atoms with Crippen molar-refractivity contribution in [3.8, 4) is 11.5 Å². The van der Waals surface area contributed by atoms with E-state index in [9.17, 15) is 4.79 Å². The molecule has 25 heavy (non-hydrogen) atoms. The summed E-state index contributed by atoms with van der Waals surface area (Å²) in [7, 11) is 3.30. The minimum absolute atomic E-state index is 0.232. The number of hydrogen-bond acceptors (Lipinski definition) is 4. The lowest BCUT2D eigenvalue weighted by atomic mass is 9.97. The molecule has 0 fully saturated rings. The van der Waals surface area contributed by atoms with Gasteiger partial charge in [-0.25, -0.2) is 0 Å². The van der Waals surface area contributed by atoms with Crippen LogP contribution in [0.4, 0.5) is 0 Å². The van der Waals surface area contributed by atoms with Crippen LogP contribution in [-0.2, 0) is 16.0 Å². The lowest BCUT2D eigenvalue weighted by Crippen LogP contribution is -2.16. The van der Waals surface area contributed by atoms with E-state index in [4.69, 9.17) is 14.2 Å². The normalized spacial score (nSPS) is 12.4. The molecule has 0 unspecified atom stereocenters. The molecule has 3 rings (SSSR count). The maximum atomic E-state index is 11.3. The molecule has 0 aliphatic carbocycles. The molecule has 1 aromatic heterocycles. The molecule has 0 radical (unpaired) electrons. The Hall–Kier alpha value is -2.69. The summed E-state index contributed by atoms with van der Waals surface area (Å²) in [6.45, 7) is 5.32. The van der Waals surface area contributed by atoms with Crippen LogP contribution >= 0.6 is 0 Å². The molecular weight excluding hydrogens is 318 g/mol. The van der Waals surface area contributed by atoms with Gasteiger partial charge >= 0.3 is 5.97 Å².